The molecule has 0 spiro atoms. The second-order valence-electron chi connectivity index (χ2n) is 2.92. The van der Waals surface area contributed by atoms with Gasteiger partial charge in [-0.05, 0) is 12.1 Å². The van der Waals surface area contributed by atoms with Crippen molar-refractivity contribution in [2.45, 2.75) is 0 Å². The molecule has 0 amide bonds. The highest BCUT2D eigenvalue weighted by Gasteiger charge is 2.14. The molecule has 0 saturated heterocycles. The number of hydrogen-bond acceptors (Lipinski definition) is 4. The molecule has 1 aromatic carbocycles. The van der Waals surface area contributed by atoms with Crippen molar-refractivity contribution >= 4 is 27.6 Å². The van der Waals surface area contributed by atoms with E-state index in [-0.39, 0.29) is 18.0 Å². The van der Waals surface area contributed by atoms with Crippen molar-refractivity contribution in [1.82, 2.24) is 0 Å². The Kier molecular flexibility index (Phi) is 4.65. The van der Waals surface area contributed by atoms with Gasteiger partial charge >= 0.3 is 11.7 Å². The fourth-order valence-corrected chi connectivity index (χ4v) is 1.38. The molecule has 1 N–H and O–H groups in total. The number of nitrogens with zero attached hydrogens (tertiary/aromatic N) is 1. The van der Waals surface area contributed by atoms with Gasteiger partial charge in [-0.3, -0.25) is 10.1 Å². The number of nitro benzene ring substituents is 1. The molecule has 90 valence electrons. The first kappa shape index (κ1) is 13.2. The molecular weight excluding hydrogens is 294 g/mol. The molecule has 0 aliphatic carbocycles. The van der Waals surface area contributed by atoms with Crippen LogP contribution in [-0.2, 0) is 4.79 Å². The highest BCUT2D eigenvalue weighted by Crippen LogP contribution is 2.29. The van der Waals surface area contributed by atoms with Gasteiger partial charge < -0.3 is 9.84 Å². The predicted octanol–water partition coefficient (Wildman–Crippen LogP) is 2.38. The molecule has 6 nitrogen and oxygen atoms in total. The zero-order chi connectivity index (χ0) is 12.8. The number of carboxylic acids is 1. The van der Waals surface area contributed by atoms with Crippen molar-refractivity contribution in [3.63, 3.8) is 0 Å². The quantitative estimate of drug-likeness (QED) is 0.512. The van der Waals surface area contributed by atoms with Crippen molar-refractivity contribution in [3.05, 3.63) is 44.9 Å². The van der Waals surface area contributed by atoms with Crippen molar-refractivity contribution in [1.29, 1.82) is 0 Å². The van der Waals surface area contributed by atoms with Gasteiger partial charge in [0, 0.05) is 22.7 Å². The van der Waals surface area contributed by atoms with Crippen LogP contribution in [0.1, 0.15) is 0 Å². The monoisotopic (exact) mass is 301 g/mol. The van der Waals surface area contributed by atoms with E-state index in [1.807, 2.05) is 0 Å². The first-order chi connectivity index (χ1) is 8.00. The number of aliphatic carboxylic acids is 1. The molecule has 1 rings (SSSR count). The average molecular weight is 302 g/mol. The molecule has 0 aliphatic rings. The smallest absolute Gasteiger partial charge is 0.328 e. The number of halogens is 1. The summed E-state index contributed by atoms with van der Waals surface area (Å²) in [5.74, 6) is -1.02. The Labute approximate surface area is 105 Å². The highest BCUT2D eigenvalue weighted by molar-refractivity contribution is 9.10. The maximum Gasteiger partial charge on any atom is 0.328 e. The molecule has 0 atom stereocenters. The number of hydrogen-bond donors (Lipinski definition) is 1. The summed E-state index contributed by atoms with van der Waals surface area (Å²) in [5, 5.41) is 19.0. The van der Waals surface area contributed by atoms with Crippen molar-refractivity contribution < 1.29 is 19.6 Å². The van der Waals surface area contributed by atoms with Gasteiger partial charge in [-0.2, -0.15) is 0 Å². The minimum absolute atomic E-state index is 0.0520. The van der Waals surface area contributed by atoms with E-state index in [4.69, 9.17) is 9.84 Å². The molecule has 0 aromatic heterocycles. The molecule has 1 aromatic rings. The summed E-state index contributed by atoms with van der Waals surface area (Å²) in [5.41, 5.74) is -0.170. The Morgan fingerprint density at radius 2 is 2.29 bits per heavy atom. The standard InChI is InChI=1S/C10H8BrNO5/c11-7-3-4-8(12(15)16)9(6-7)17-5-1-2-10(13)14/h1-4,6H,5H2,(H,13,14)/b2-1+. The van der Waals surface area contributed by atoms with Crippen molar-refractivity contribution in [2.75, 3.05) is 6.61 Å². The third-order valence-corrected chi connectivity index (χ3v) is 2.21. The summed E-state index contributed by atoms with van der Waals surface area (Å²) in [6, 6.07) is 4.28. The van der Waals surface area contributed by atoms with Crippen LogP contribution in [0.3, 0.4) is 0 Å². The molecule has 7 heteroatoms. The summed E-state index contributed by atoms with van der Waals surface area (Å²) in [4.78, 5) is 20.3. The van der Waals surface area contributed by atoms with Crippen LogP contribution >= 0.6 is 15.9 Å². The second kappa shape index (κ2) is 6.00. The number of benzene rings is 1. The average Bonchev–Trinajstić information content (AvgIpc) is 2.23. The number of rotatable bonds is 5. The lowest BCUT2D eigenvalue weighted by Gasteiger charge is -2.04. The Morgan fingerprint density at radius 3 is 2.88 bits per heavy atom. The molecule has 0 fully saturated rings. The molecular formula is C10H8BrNO5. The largest absolute Gasteiger partial charge is 0.483 e. The molecule has 0 radical (unpaired) electrons. The zero-order valence-corrected chi connectivity index (χ0v) is 10.1. The Hall–Kier alpha value is -1.89. The van der Waals surface area contributed by atoms with Gasteiger partial charge in [0.2, 0.25) is 0 Å². The summed E-state index contributed by atoms with van der Waals surface area (Å²) in [6.07, 6.45) is 2.16. The predicted molar refractivity (Wildman–Crippen MR) is 63.1 cm³/mol. The van der Waals surface area contributed by atoms with Gasteiger partial charge in [0.05, 0.1) is 4.92 Å². The molecule has 0 aliphatic heterocycles. The van der Waals surface area contributed by atoms with Crippen LogP contribution in [0.25, 0.3) is 0 Å². The van der Waals surface area contributed by atoms with E-state index in [1.165, 1.54) is 24.3 Å². The lowest BCUT2D eigenvalue weighted by atomic mass is 10.3. The number of ether oxygens (including phenoxy) is 1. The van der Waals surface area contributed by atoms with Gasteiger partial charge in [-0.25, -0.2) is 4.79 Å². The fourth-order valence-electron chi connectivity index (χ4n) is 1.04. The van der Waals surface area contributed by atoms with Crippen LogP contribution in [0.5, 0.6) is 5.75 Å². The van der Waals surface area contributed by atoms with Gasteiger partial charge in [-0.1, -0.05) is 15.9 Å². The molecule has 0 heterocycles. The lowest BCUT2D eigenvalue weighted by Crippen LogP contribution is -1.99. The topological polar surface area (TPSA) is 89.7 Å². The summed E-state index contributed by atoms with van der Waals surface area (Å²) >= 11 is 3.16. The van der Waals surface area contributed by atoms with Crippen LogP contribution in [0.2, 0.25) is 0 Å². The fraction of sp³-hybridized carbons (Fsp3) is 0.100. The third-order valence-electron chi connectivity index (χ3n) is 1.71. The minimum Gasteiger partial charge on any atom is -0.483 e. The lowest BCUT2D eigenvalue weighted by molar-refractivity contribution is -0.385. The minimum atomic E-state index is -1.10. The molecule has 17 heavy (non-hydrogen) atoms. The first-order valence-electron chi connectivity index (χ1n) is 4.47. The normalized spacial score (nSPS) is 10.4. The Morgan fingerprint density at radius 1 is 1.59 bits per heavy atom. The van der Waals surface area contributed by atoms with E-state index in [0.29, 0.717) is 4.47 Å². The van der Waals surface area contributed by atoms with Crippen LogP contribution < -0.4 is 4.74 Å². The third kappa shape index (κ3) is 4.23. The number of nitro groups is 1. The van der Waals surface area contributed by atoms with E-state index in [0.717, 1.165) is 6.08 Å². The van der Waals surface area contributed by atoms with Gasteiger partial charge in [0.25, 0.3) is 0 Å². The van der Waals surface area contributed by atoms with Gasteiger partial charge in [0.15, 0.2) is 5.75 Å². The summed E-state index contributed by atoms with van der Waals surface area (Å²) in [6.45, 7) is -0.0520. The van der Waals surface area contributed by atoms with E-state index in [2.05, 4.69) is 15.9 Å². The molecule has 0 bridgehead atoms. The van der Waals surface area contributed by atoms with Gasteiger partial charge in [0.1, 0.15) is 6.61 Å². The van der Waals surface area contributed by atoms with Crippen molar-refractivity contribution in [3.8, 4) is 5.75 Å². The van der Waals surface area contributed by atoms with Gasteiger partial charge in [-0.15, -0.1) is 0 Å². The van der Waals surface area contributed by atoms with E-state index < -0.39 is 10.9 Å². The van der Waals surface area contributed by atoms with E-state index >= 15 is 0 Å². The van der Waals surface area contributed by atoms with Crippen LogP contribution in [0.15, 0.2) is 34.8 Å². The molecule has 0 saturated carbocycles. The van der Waals surface area contributed by atoms with E-state index in [1.54, 1.807) is 0 Å². The summed E-state index contributed by atoms with van der Waals surface area (Å²) in [7, 11) is 0. The van der Waals surface area contributed by atoms with Crippen LogP contribution in [0, 0.1) is 10.1 Å². The van der Waals surface area contributed by atoms with Crippen LogP contribution in [0.4, 0.5) is 5.69 Å². The SMILES string of the molecule is O=C(O)/C=C/COc1cc(Br)ccc1[N+](=O)[O-]. The Balaban J connectivity index is 2.78. The summed E-state index contributed by atoms with van der Waals surface area (Å²) < 4.78 is 5.75. The highest BCUT2D eigenvalue weighted by atomic mass is 79.9. The van der Waals surface area contributed by atoms with Crippen LogP contribution in [-0.4, -0.2) is 22.6 Å². The maximum absolute atomic E-state index is 10.7. The Bertz CT molecular complexity index is 472. The van der Waals surface area contributed by atoms with Crippen molar-refractivity contribution in [2.24, 2.45) is 0 Å². The number of carboxylic acid groups (broad SMARTS) is 1. The van der Waals surface area contributed by atoms with E-state index in [9.17, 15) is 14.9 Å². The zero-order valence-electron chi connectivity index (χ0n) is 8.50. The first-order valence-corrected chi connectivity index (χ1v) is 5.26. The number of carbonyl (C=O) groups is 1. The second-order valence-corrected chi connectivity index (χ2v) is 3.84. The molecule has 0 unspecified atom stereocenters. The maximum atomic E-state index is 10.7.